The van der Waals surface area contributed by atoms with E-state index in [4.69, 9.17) is 9.68 Å². The SMILES string of the molecule is N#Cc1c(-c2ccco2)n([O-])c2ccccc2[n+]1=O. The summed E-state index contributed by atoms with van der Waals surface area (Å²) >= 11 is 0. The Morgan fingerprint density at radius 2 is 2.05 bits per heavy atom. The third-order valence-electron chi connectivity index (χ3n) is 2.81. The van der Waals surface area contributed by atoms with Crippen LogP contribution in [-0.4, -0.2) is 4.73 Å². The largest absolute Gasteiger partial charge is 0.805 e. The van der Waals surface area contributed by atoms with Crippen molar-refractivity contribution in [1.82, 2.24) is 4.73 Å². The van der Waals surface area contributed by atoms with Gasteiger partial charge in [-0.3, -0.25) is 0 Å². The number of hydrogen-bond acceptors (Lipinski definition) is 4. The van der Waals surface area contributed by atoms with E-state index in [0.717, 1.165) is 0 Å². The van der Waals surface area contributed by atoms with Crippen molar-refractivity contribution in [2.45, 2.75) is 0 Å². The summed E-state index contributed by atoms with van der Waals surface area (Å²) in [5.41, 5.74) is -0.0443. The Morgan fingerprint density at radius 3 is 2.74 bits per heavy atom. The molecule has 6 nitrogen and oxygen atoms in total. The average Bonchev–Trinajstić information content (AvgIpc) is 2.96. The number of aromatic nitrogens is 2. The van der Waals surface area contributed by atoms with Gasteiger partial charge in [-0.1, -0.05) is 12.1 Å². The van der Waals surface area contributed by atoms with E-state index in [1.165, 1.54) is 24.5 Å². The molecule has 3 rings (SSSR count). The van der Waals surface area contributed by atoms with Gasteiger partial charge in [-0.2, -0.15) is 5.26 Å². The molecule has 19 heavy (non-hydrogen) atoms. The van der Waals surface area contributed by atoms with E-state index < -0.39 is 0 Å². The van der Waals surface area contributed by atoms with E-state index in [1.807, 2.05) is 0 Å². The lowest BCUT2D eigenvalue weighted by Crippen LogP contribution is -2.24. The number of nitrogens with zero attached hydrogens (tertiary/aromatic N) is 3. The Bertz CT molecular complexity index is 857. The van der Waals surface area contributed by atoms with Crippen molar-refractivity contribution in [1.29, 1.82) is 5.26 Å². The third kappa shape index (κ3) is 1.49. The lowest BCUT2D eigenvalue weighted by molar-refractivity contribution is -0.467. The molecule has 0 aliphatic rings. The summed E-state index contributed by atoms with van der Waals surface area (Å²) in [4.78, 5) is 12.1. The summed E-state index contributed by atoms with van der Waals surface area (Å²) < 4.78 is 6.11. The van der Waals surface area contributed by atoms with Gasteiger partial charge in [0.15, 0.2) is 17.5 Å². The molecule has 0 bridgehead atoms. The molecule has 0 spiro atoms. The summed E-state index contributed by atoms with van der Waals surface area (Å²) in [6.45, 7) is 0. The first-order valence-electron chi connectivity index (χ1n) is 5.46. The van der Waals surface area contributed by atoms with E-state index in [-0.39, 0.29) is 28.2 Å². The average molecular weight is 253 g/mol. The van der Waals surface area contributed by atoms with Crippen molar-refractivity contribution in [3.8, 4) is 17.5 Å². The zero-order chi connectivity index (χ0) is 13.4. The van der Waals surface area contributed by atoms with Crippen molar-refractivity contribution >= 4 is 11.0 Å². The molecule has 2 aromatic heterocycles. The molecule has 1 aromatic carbocycles. The minimum absolute atomic E-state index is 0.0822. The third-order valence-corrected chi connectivity index (χ3v) is 2.81. The highest BCUT2D eigenvalue weighted by Gasteiger charge is 2.24. The van der Waals surface area contributed by atoms with Gasteiger partial charge >= 0.3 is 5.69 Å². The van der Waals surface area contributed by atoms with E-state index in [1.54, 1.807) is 24.3 Å². The molecule has 2 heterocycles. The summed E-state index contributed by atoms with van der Waals surface area (Å²) in [7, 11) is 0. The number of hydrogen-bond donors (Lipinski definition) is 0. The molecular formula is C13H7N3O3. The van der Waals surface area contributed by atoms with E-state index in [9.17, 15) is 10.1 Å². The molecule has 0 atom stereocenters. The van der Waals surface area contributed by atoms with Crippen LogP contribution in [0.3, 0.4) is 0 Å². The number of fused-ring (bicyclic) bond motifs is 1. The highest BCUT2D eigenvalue weighted by atomic mass is 16.5. The van der Waals surface area contributed by atoms with Crippen molar-refractivity contribution in [3.63, 3.8) is 0 Å². The highest BCUT2D eigenvalue weighted by Crippen LogP contribution is 2.24. The summed E-state index contributed by atoms with van der Waals surface area (Å²) in [5.74, 6) is 0.182. The maximum atomic E-state index is 12.3. The van der Waals surface area contributed by atoms with E-state index >= 15 is 0 Å². The first kappa shape index (κ1) is 11.0. The van der Waals surface area contributed by atoms with Crippen LogP contribution in [0.15, 0.2) is 47.1 Å². The molecule has 0 unspecified atom stereocenters. The molecule has 0 saturated heterocycles. The van der Waals surface area contributed by atoms with Crippen LogP contribution in [0, 0.1) is 21.4 Å². The number of furan rings is 1. The fourth-order valence-corrected chi connectivity index (χ4v) is 1.97. The smallest absolute Gasteiger partial charge is 0.366 e. The zero-order valence-corrected chi connectivity index (χ0v) is 9.61. The van der Waals surface area contributed by atoms with Crippen molar-refractivity contribution in [2.75, 3.05) is 0 Å². The Balaban J connectivity index is 2.56. The van der Waals surface area contributed by atoms with Gasteiger partial charge in [0, 0.05) is 11.0 Å². The van der Waals surface area contributed by atoms with Crippen molar-refractivity contribution in [3.05, 3.63) is 58.5 Å². The molecule has 0 amide bonds. The molecule has 0 N–H and O–H groups in total. The van der Waals surface area contributed by atoms with Crippen LogP contribution in [-0.2, 0) is 0 Å². The van der Waals surface area contributed by atoms with Gasteiger partial charge in [0.05, 0.1) is 10.7 Å². The second-order valence-corrected chi connectivity index (χ2v) is 3.86. The predicted molar refractivity (Wildman–Crippen MR) is 66.5 cm³/mol. The molecular weight excluding hydrogens is 246 g/mol. The fourth-order valence-electron chi connectivity index (χ4n) is 1.97. The molecule has 3 aromatic rings. The van der Waals surface area contributed by atoms with E-state index in [0.29, 0.717) is 9.16 Å². The summed E-state index contributed by atoms with van der Waals surface area (Å²) in [6, 6.07) is 11.2. The normalized spacial score (nSPS) is 10.5. The van der Waals surface area contributed by atoms with Crippen LogP contribution < -0.4 is 4.43 Å². The van der Waals surface area contributed by atoms with Gasteiger partial charge in [0.1, 0.15) is 5.52 Å². The van der Waals surface area contributed by atoms with Crippen LogP contribution in [0.25, 0.3) is 22.5 Å². The van der Waals surface area contributed by atoms with Gasteiger partial charge in [0.25, 0.3) is 5.52 Å². The number of benzene rings is 1. The molecule has 0 aliphatic heterocycles. The lowest BCUT2D eigenvalue weighted by atomic mass is 10.2. The second kappa shape index (κ2) is 3.99. The topological polar surface area (TPSA) is 87.9 Å². The Kier molecular flexibility index (Phi) is 2.32. The quantitative estimate of drug-likeness (QED) is 0.621. The highest BCUT2D eigenvalue weighted by molar-refractivity contribution is 5.76. The predicted octanol–water partition coefficient (Wildman–Crippen LogP) is 2.03. The first-order valence-corrected chi connectivity index (χ1v) is 5.46. The maximum Gasteiger partial charge on any atom is 0.366 e. The Labute approximate surface area is 106 Å². The molecule has 92 valence electrons. The molecule has 0 saturated carbocycles. The Hall–Kier alpha value is -3.07. The monoisotopic (exact) mass is 253 g/mol. The number of nitriles is 1. The molecule has 0 fully saturated rings. The van der Waals surface area contributed by atoms with Gasteiger partial charge in [-0.15, -0.1) is 0 Å². The second-order valence-electron chi connectivity index (χ2n) is 3.86. The zero-order valence-electron chi connectivity index (χ0n) is 9.61. The van der Waals surface area contributed by atoms with Crippen LogP contribution >= 0.6 is 0 Å². The van der Waals surface area contributed by atoms with Crippen LogP contribution in [0.4, 0.5) is 0 Å². The van der Waals surface area contributed by atoms with Gasteiger partial charge in [0.2, 0.25) is 0 Å². The van der Waals surface area contributed by atoms with Crippen molar-refractivity contribution < 1.29 is 8.84 Å². The summed E-state index contributed by atoms with van der Waals surface area (Å²) in [5, 5.41) is 21.4. The summed E-state index contributed by atoms with van der Waals surface area (Å²) in [6.07, 6.45) is 1.38. The van der Waals surface area contributed by atoms with Crippen LogP contribution in [0.1, 0.15) is 5.69 Å². The molecule has 0 aliphatic carbocycles. The molecule has 6 heteroatoms. The Morgan fingerprint density at radius 1 is 1.26 bits per heavy atom. The van der Waals surface area contributed by atoms with Crippen LogP contribution in [0.2, 0.25) is 0 Å². The molecule has 0 radical (unpaired) electrons. The van der Waals surface area contributed by atoms with Gasteiger partial charge in [-0.25, -0.2) is 0 Å². The fraction of sp³-hybridized carbons (Fsp3) is 0. The lowest BCUT2D eigenvalue weighted by Gasteiger charge is -2.15. The van der Waals surface area contributed by atoms with E-state index in [2.05, 4.69) is 0 Å². The number of para-hydroxylation sites is 2. The first-order chi connectivity index (χ1) is 9.24. The number of rotatable bonds is 1. The maximum absolute atomic E-state index is 12.3. The minimum Gasteiger partial charge on any atom is -0.805 e. The van der Waals surface area contributed by atoms with Gasteiger partial charge in [-0.05, 0) is 18.2 Å². The minimum atomic E-state index is -0.288. The van der Waals surface area contributed by atoms with Crippen LogP contribution in [0.5, 0.6) is 0 Å². The van der Waals surface area contributed by atoms with Crippen molar-refractivity contribution in [2.24, 2.45) is 0 Å². The standard InChI is InChI=1S/C13H7N3O3/c14-8-11-13(12-6-3-7-19-12)16(18)10-5-2-1-4-9(10)15(11)17/h1-7H. The van der Waals surface area contributed by atoms with Gasteiger partial charge < -0.3 is 14.4 Å².